The highest BCUT2D eigenvalue weighted by Crippen LogP contribution is 2.35. The quantitative estimate of drug-likeness (QED) is 0.0717. The molecule has 0 aromatic heterocycles. The Bertz CT molecular complexity index is 1610. The van der Waals surface area contributed by atoms with Crippen LogP contribution >= 0.6 is 0 Å². The molecule has 3 unspecified atom stereocenters. The van der Waals surface area contributed by atoms with Gasteiger partial charge >= 0.3 is 0 Å². The zero-order valence-electron chi connectivity index (χ0n) is 29.9. The van der Waals surface area contributed by atoms with E-state index < -0.39 is 6.10 Å². The van der Waals surface area contributed by atoms with Crippen LogP contribution in [0, 0.1) is 0 Å². The van der Waals surface area contributed by atoms with Gasteiger partial charge in [0.15, 0.2) is 0 Å². The largest absolute Gasteiger partial charge is 0.494 e. The maximum atomic E-state index is 10.5. The number of ether oxygens (including phenoxy) is 6. The normalized spacial score (nSPS) is 16.5. The van der Waals surface area contributed by atoms with E-state index >= 15 is 0 Å². The smallest absolute Gasteiger partial charge is 0.119 e. The Hall–Kier alpha value is -4.04. The molecule has 3 atom stereocenters. The third-order valence-corrected chi connectivity index (χ3v) is 9.87. The van der Waals surface area contributed by atoms with Crippen LogP contribution in [0.25, 0.3) is 0 Å². The minimum absolute atomic E-state index is 0. The van der Waals surface area contributed by atoms with Crippen LogP contribution in [0.3, 0.4) is 0 Å². The second-order valence-corrected chi connectivity index (χ2v) is 14.5. The van der Waals surface area contributed by atoms with Crippen LogP contribution in [-0.2, 0) is 20.3 Å². The second kappa shape index (κ2) is 19.9. The van der Waals surface area contributed by atoms with E-state index in [1.54, 1.807) is 0 Å². The van der Waals surface area contributed by atoms with E-state index in [4.69, 9.17) is 28.4 Å². The van der Waals surface area contributed by atoms with Gasteiger partial charge < -0.3 is 33.5 Å². The van der Waals surface area contributed by atoms with E-state index in [-0.39, 0.29) is 51.9 Å². The Labute approximate surface area is 319 Å². The van der Waals surface area contributed by atoms with Gasteiger partial charge in [0, 0.05) is 10.8 Å². The zero-order chi connectivity index (χ0) is 35.0. The molecule has 2 saturated heterocycles. The van der Waals surface area contributed by atoms with E-state index in [9.17, 15) is 5.11 Å². The Morgan fingerprint density at radius 3 is 1.23 bits per heavy atom. The van der Waals surface area contributed by atoms with Crippen molar-refractivity contribution in [3.05, 3.63) is 119 Å². The van der Waals surface area contributed by atoms with Gasteiger partial charge in [0.05, 0.1) is 25.9 Å². The Morgan fingerprint density at radius 2 is 0.868 bits per heavy atom. The van der Waals surface area contributed by atoms with Gasteiger partial charge in [-0.2, -0.15) is 0 Å². The first-order valence-corrected chi connectivity index (χ1v) is 18.0. The molecule has 7 nitrogen and oxygen atoms in total. The van der Waals surface area contributed by atoms with Gasteiger partial charge in [-0.25, -0.2) is 0 Å². The highest BCUT2D eigenvalue weighted by atomic mass is 16.6. The molecule has 0 bridgehead atoms. The number of hydrogen-bond donors (Lipinski definition) is 1. The average Bonchev–Trinajstić information content (AvgIpc) is 4.08. The minimum Gasteiger partial charge on any atom is -0.494 e. The van der Waals surface area contributed by atoms with E-state index in [1.165, 1.54) is 22.3 Å². The number of hydrogen-bond acceptors (Lipinski definition) is 7. The molecule has 6 rings (SSSR count). The fourth-order valence-electron chi connectivity index (χ4n) is 6.04. The lowest BCUT2D eigenvalue weighted by atomic mass is 9.78. The minimum atomic E-state index is -0.504. The molecule has 0 aliphatic carbocycles. The molecule has 4 aromatic rings. The predicted octanol–water partition coefficient (Wildman–Crippen LogP) is 10.2. The molecule has 1 N–H and O–H groups in total. The molecule has 2 aliphatic heterocycles. The van der Waals surface area contributed by atoms with Gasteiger partial charge in [0.1, 0.15) is 55.0 Å². The van der Waals surface area contributed by atoms with E-state index in [1.807, 2.05) is 36.4 Å². The first kappa shape index (κ1) is 43.4. The van der Waals surface area contributed by atoms with E-state index in [0.29, 0.717) is 26.2 Å². The van der Waals surface area contributed by atoms with Crippen LogP contribution in [0.15, 0.2) is 97.1 Å². The van der Waals surface area contributed by atoms with Crippen LogP contribution < -0.4 is 18.9 Å². The third kappa shape index (κ3) is 12.5. The molecule has 0 amide bonds. The fourth-order valence-corrected chi connectivity index (χ4v) is 6.04. The summed E-state index contributed by atoms with van der Waals surface area (Å²) in [6, 6.07) is 33.2. The average molecular weight is 729 g/mol. The molecule has 0 radical (unpaired) electrons. The van der Waals surface area contributed by atoms with Crippen molar-refractivity contribution in [3.8, 4) is 23.0 Å². The summed E-state index contributed by atoms with van der Waals surface area (Å²) in [4.78, 5) is 0. The maximum Gasteiger partial charge on any atom is 0.119 e. The van der Waals surface area contributed by atoms with Gasteiger partial charge in [-0.3, -0.25) is 0 Å². The SMILES string of the molecule is C.C.C.CC(C)(c1ccc(OCCCCCC(O)COc2ccc(C(C)(C)c3ccc(OCC4CO4)cc3)cc2)cc1)c1ccc(OCC2CO2)cc1. The lowest BCUT2D eigenvalue weighted by Crippen LogP contribution is -2.19. The highest BCUT2D eigenvalue weighted by Gasteiger charge is 2.26. The number of unbranched alkanes of at least 4 members (excludes halogenated alkanes) is 2. The Balaban J connectivity index is 0.00000252. The Kier molecular flexibility index (Phi) is 16.3. The van der Waals surface area contributed by atoms with Crippen LogP contribution in [-0.4, -0.2) is 63.1 Å². The summed E-state index contributed by atoms with van der Waals surface area (Å²) in [5.41, 5.74) is 4.55. The topological polar surface area (TPSA) is 82.2 Å². The van der Waals surface area contributed by atoms with Crippen molar-refractivity contribution in [1.82, 2.24) is 0 Å². The molecule has 0 saturated carbocycles. The number of epoxide rings is 2. The fraction of sp³-hybridized carbons (Fsp3) is 0.478. The maximum absolute atomic E-state index is 10.5. The van der Waals surface area contributed by atoms with E-state index in [0.717, 1.165) is 55.5 Å². The van der Waals surface area contributed by atoms with Crippen LogP contribution in [0.2, 0.25) is 0 Å². The van der Waals surface area contributed by atoms with E-state index in [2.05, 4.69) is 88.4 Å². The van der Waals surface area contributed by atoms with Gasteiger partial charge in [0.2, 0.25) is 0 Å². The standard InChI is InChI=1S/C43H52O7.3CH4/c1-42(2,33-13-21-38(22-14-33)47-27-40-29-49-40)31-9-17-36(18-10-31)45-25-7-5-6-8-35(44)26-46-37-19-11-32(12-20-37)43(3,4)34-15-23-39(24-16-34)48-28-41-30-50-41;;;/h9-24,35,40-41,44H,5-8,25-30H2,1-4H3;3*1H4. The van der Waals surface area contributed by atoms with Crippen molar-refractivity contribution in [2.24, 2.45) is 0 Å². The van der Waals surface area contributed by atoms with Crippen molar-refractivity contribution in [2.75, 3.05) is 39.6 Å². The molecule has 2 aliphatic rings. The summed E-state index contributed by atoms with van der Waals surface area (Å²) in [6.07, 6.45) is 3.54. The van der Waals surface area contributed by atoms with Crippen molar-refractivity contribution >= 4 is 0 Å². The van der Waals surface area contributed by atoms with Crippen molar-refractivity contribution < 1.29 is 33.5 Å². The van der Waals surface area contributed by atoms with Crippen molar-refractivity contribution in [1.29, 1.82) is 0 Å². The van der Waals surface area contributed by atoms with Crippen LogP contribution in [0.4, 0.5) is 0 Å². The lowest BCUT2D eigenvalue weighted by molar-refractivity contribution is 0.0971. The monoisotopic (exact) mass is 728 g/mol. The van der Waals surface area contributed by atoms with Crippen LogP contribution in [0.1, 0.15) is 97.9 Å². The molecule has 7 heteroatoms. The first-order valence-electron chi connectivity index (χ1n) is 18.0. The third-order valence-electron chi connectivity index (χ3n) is 9.87. The lowest BCUT2D eigenvalue weighted by Gasteiger charge is -2.26. The summed E-state index contributed by atoms with van der Waals surface area (Å²) in [5, 5.41) is 10.5. The number of aliphatic hydroxyl groups excluding tert-OH is 1. The molecule has 4 aromatic carbocycles. The molecular weight excluding hydrogens is 664 g/mol. The number of rotatable bonds is 20. The first-order chi connectivity index (χ1) is 24.2. The summed E-state index contributed by atoms with van der Waals surface area (Å²) in [7, 11) is 0. The molecule has 2 fully saturated rings. The zero-order valence-corrected chi connectivity index (χ0v) is 29.9. The summed E-state index contributed by atoms with van der Waals surface area (Å²) < 4.78 is 34.0. The number of aliphatic hydroxyl groups is 1. The highest BCUT2D eigenvalue weighted by molar-refractivity contribution is 5.43. The van der Waals surface area contributed by atoms with Gasteiger partial charge in [-0.15, -0.1) is 0 Å². The predicted molar refractivity (Wildman–Crippen MR) is 216 cm³/mol. The second-order valence-electron chi connectivity index (χ2n) is 14.5. The van der Waals surface area contributed by atoms with Crippen LogP contribution in [0.5, 0.6) is 23.0 Å². The molecule has 0 spiro atoms. The molecular formula is C46H64O7. The van der Waals surface area contributed by atoms with Gasteiger partial charge in [0.25, 0.3) is 0 Å². The summed E-state index contributed by atoms with van der Waals surface area (Å²) in [5.74, 6) is 3.38. The Morgan fingerprint density at radius 1 is 0.528 bits per heavy atom. The molecule has 2 heterocycles. The number of benzene rings is 4. The van der Waals surface area contributed by atoms with Gasteiger partial charge in [-0.1, -0.05) is 105 Å². The molecule has 53 heavy (non-hydrogen) atoms. The molecule has 290 valence electrons. The van der Waals surface area contributed by atoms with Crippen molar-refractivity contribution in [3.63, 3.8) is 0 Å². The van der Waals surface area contributed by atoms with Gasteiger partial charge in [-0.05, 0) is 90.0 Å². The van der Waals surface area contributed by atoms with Crippen molar-refractivity contribution in [2.45, 2.75) is 105 Å². The summed E-state index contributed by atoms with van der Waals surface area (Å²) in [6.45, 7) is 12.6. The summed E-state index contributed by atoms with van der Waals surface area (Å²) >= 11 is 0.